The summed E-state index contributed by atoms with van der Waals surface area (Å²) in [5.41, 5.74) is 1.39. The van der Waals surface area contributed by atoms with Crippen LogP contribution in [-0.4, -0.2) is 26.7 Å². The highest BCUT2D eigenvalue weighted by Gasteiger charge is 2.17. The van der Waals surface area contributed by atoms with Crippen molar-refractivity contribution in [2.75, 3.05) is 6.61 Å². The van der Waals surface area contributed by atoms with E-state index in [1.165, 1.54) is 23.9 Å². The van der Waals surface area contributed by atoms with E-state index >= 15 is 0 Å². The monoisotopic (exact) mass is 419 g/mol. The van der Waals surface area contributed by atoms with Crippen molar-refractivity contribution in [3.05, 3.63) is 90.8 Å². The number of pyridine rings is 1. The Bertz CT molecular complexity index is 1110. The topological polar surface area (TPSA) is 68.1 Å². The summed E-state index contributed by atoms with van der Waals surface area (Å²) in [6.07, 6.45) is 3.76. The molecule has 0 radical (unpaired) electrons. The van der Waals surface area contributed by atoms with Gasteiger partial charge in [-0.05, 0) is 48.5 Å². The van der Waals surface area contributed by atoms with Crippen molar-refractivity contribution in [3.8, 4) is 22.9 Å². The number of nitrogens with zero attached hydrogens (tertiary/aromatic N) is 3. The molecule has 0 saturated heterocycles. The lowest BCUT2D eigenvalue weighted by molar-refractivity contribution is 0.317. The Morgan fingerprint density at radius 3 is 2.37 bits per heavy atom. The Balaban J connectivity index is 1.61. The van der Waals surface area contributed by atoms with Crippen molar-refractivity contribution in [1.82, 2.24) is 15.0 Å². The first kappa shape index (κ1) is 19.8. The summed E-state index contributed by atoms with van der Waals surface area (Å²) in [7, 11) is 0. The zero-order valence-electron chi connectivity index (χ0n) is 15.9. The Kier molecular flexibility index (Phi) is 6.20. The normalized spacial score (nSPS) is 10.7. The molecule has 150 valence electrons. The second-order valence-corrected chi connectivity index (χ2v) is 7.43. The number of benzene rings is 2. The molecule has 0 fully saturated rings. The van der Waals surface area contributed by atoms with Crippen LogP contribution in [0.2, 0.25) is 0 Å². The average molecular weight is 419 g/mol. The first-order chi connectivity index (χ1) is 14.7. The van der Waals surface area contributed by atoms with Crippen LogP contribution in [0, 0.1) is 5.82 Å². The van der Waals surface area contributed by atoms with Gasteiger partial charge >= 0.3 is 0 Å². The highest BCUT2D eigenvalue weighted by Crippen LogP contribution is 2.39. The van der Waals surface area contributed by atoms with Crippen molar-refractivity contribution in [1.29, 1.82) is 0 Å². The van der Waals surface area contributed by atoms with Crippen LogP contribution >= 0.6 is 11.8 Å². The fraction of sp³-hybridized carbons (Fsp3) is 0.0870. The van der Waals surface area contributed by atoms with Gasteiger partial charge in [-0.3, -0.25) is 4.98 Å². The predicted molar refractivity (Wildman–Crippen MR) is 113 cm³/mol. The molecule has 0 aliphatic carbocycles. The van der Waals surface area contributed by atoms with Crippen molar-refractivity contribution in [2.45, 2.75) is 16.2 Å². The van der Waals surface area contributed by atoms with Gasteiger partial charge in [0.1, 0.15) is 22.3 Å². The molecule has 0 bridgehead atoms. The molecule has 4 aromatic rings. The van der Waals surface area contributed by atoms with Crippen molar-refractivity contribution < 1.29 is 14.2 Å². The molecule has 1 N–H and O–H groups in total. The van der Waals surface area contributed by atoms with E-state index in [9.17, 15) is 9.50 Å². The Morgan fingerprint density at radius 2 is 1.63 bits per heavy atom. The molecule has 2 heterocycles. The molecule has 2 aromatic heterocycles. The minimum absolute atomic E-state index is 0.124. The molecule has 30 heavy (non-hydrogen) atoms. The maximum Gasteiger partial charge on any atom is 0.229 e. The summed E-state index contributed by atoms with van der Waals surface area (Å²) in [4.78, 5) is 14.3. The van der Waals surface area contributed by atoms with Crippen molar-refractivity contribution in [2.24, 2.45) is 0 Å². The summed E-state index contributed by atoms with van der Waals surface area (Å²) in [5.74, 6) is 0.794. The number of ether oxygens (including phenoxy) is 1. The summed E-state index contributed by atoms with van der Waals surface area (Å²) in [5, 5.41) is 10.7. The minimum Gasteiger partial charge on any atom is -0.493 e. The van der Waals surface area contributed by atoms with Crippen LogP contribution in [0.4, 0.5) is 4.39 Å². The van der Waals surface area contributed by atoms with Crippen LogP contribution in [0.25, 0.3) is 11.3 Å². The predicted octanol–water partition coefficient (Wildman–Crippen LogP) is 5.16. The maximum atomic E-state index is 13.2. The van der Waals surface area contributed by atoms with E-state index < -0.39 is 0 Å². The molecular formula is C23H18FN3O2S. The number of para-hydroxylation sites is 1. The van der Waals surface area contributed by atoms with E-state index in [0.29, 0.717) is 29.4 Å². The third-order valence-electron chi connectivity index (χ3n) is 4.22. The third-order valence-corrected chi connectivity index (χ3v) is 5.31. The van der Waals surface area contributed by atoms with E-state index in [2.05, 4.69) is 15.0 Å². The van der Waals surface area contributed by atoms with Gasteiger partial charge in [-0.25, -0.2) is 9.37 Å². The van der Waals surface area contributed by atoms with E-state index in [4.69, 9.17) is 4.74 Å². The molecular weight excluding hydrogens is 401 g/mol. The first-order valence-electron chi connectivity index (χ1n) is 9.30. The van der Waals surface area contributed by atoms with E-state index in [1.54, 1.807) is 24.5 Å². The molecule has 4 rings (SSSR count). The quantitative estimate of drug-likeness (QED) is 0.446. The molecule has 0 amide bonds. The van der Waals surface area contributed by atoms with Gasteiger partial charge in [0.15, 0.2) is 0 Å². The van der Waals surface area contributed by atoms with Crippen molar-refractivity contribution in [3.63, 3.8) is 0 Å². The lowest BCUT2D eigenvalue weighted by Gasteiger charge is -2.12. The fourth-order valence-corrected chi connectivity index (χ4v) is 3.70. The van der Waals surface area contributed by atoms with E-state index in [0.717, 1.165) is 16.2 Å². The molecule has 0 saturated carbocycles. The average Bonchev–Trinajstić information content (AvgIpc) is 2.78. The van der Waals surface area contributed by atoms with E-state index in [-0.39, 0.29) is 11.7 Å². The van der Waals surface area contributed by atoms with Gasteiger partial charge in [0.25, 0.3) is 0 Å². The van der Waals surface area contributed by atoms with Gasteiger partial charge in [0, 0.05) is 29.3 Å². The SMILES string of the molecule is Oc1nc(CCOc2ccccc2)nc(-c2ccncc2)c1Sc1ccc(F)cc1. The maximum absolute atomic E-state index is 13.2. The lowest BCUT2D eigenvalue weighted by atomic mass is 10.2. The second-order valence-electron chi connectivity index (χ2n) is 6.34. The number of halogens is 1. The fourth-order valence-electron chi connectivity index (χ4n) is 2.79. The summed E-state index contributed by atoms with van der Waals surface area (Å²) >= 11 is 1.28. The summed E-state index contributed by atoms with van der Waals surface area (Å²) in [6, 6.07) is 19.2. The zero-order chi connectivity index (χ0) is 20.8. The Labute approximate surface area is 177 Å². The highest BCUT2D eigenvalue weighted by molar-refractivity contribution is 7.99. The Hall–Kier alpha value is -3.45. The number of aromatic nitrogens is 3. The summed E-state index contributed by atoms with van der Waals surface area (Å²) < 4.78 is 19.0. The minimum atomic E-state index is -0.317. The van der Waals surface area contributed by atoms with Crippen molar-refractivity contribution >= 4 is 11.8 Å². The van der Waals surface area contributed by atoms with Crippen LogP contribution in [0.15, 0.2) is 88.9 Å². The molecule has 7 heteroatoms. The van der Waals surface area contributed by atoms with Gasteiger partial charge in [-0.1, -0.05) is 30.0 Å². The van der Waals surface area contributed by atoms with Gasteiger partial charge < -0.3 is 9.84 Å². The molecule has 2 aromatic carbocycles. The smallest absolute Gasteiger partial charge is 0.229 e. The van der Waals surface area contributed by atoms with Gasteiger partial charge in [0.2, 0.25) is 5.88 Å². The molecule has 0 aliphatic rings. The molecule has 0 unspecified atom stereocenters. The van der Waals surface area contributed by atoms with Crippen LogP contribution in [0.3, 0.4) is 0 Å². The van der Waals surface area contributed by atoms with Crippen LogP contribution < -0.4 is 4.74 Å². The number of aromatic hydroxyl groups is 1. The first-order valence-corrected chi connectivity index (χ1v) is 10.1. The van der Waals surface area contributed by atoms with Crippen LogP contribution in [-0.2, 0) is 6.42 Å². The Morgan fingerprint density at radius 1 is 0.900 bits per heavy atom. The van der Waals surface area contributed by atoms with Gasteiger partial charge in [-0.2, -0.15) is 4.98 Å². The second kappa shape index (κ2) is 9.37. The molecule has 0 aliphatic heterocycles. The number of hydrogen-bond donors (Lipinski definition) is 1. The zero-order valence-corrected chi connectivity index (χ0v) is 16.7. The number of rotatable bonds is 7. The molecule has 0 spiro atoms. The van der Waals surface area contributed by atoms with E-state index in [1.807, 2.05) is 42.5 Å². The lowest BCUT2D eigenvalue weighted by Crippen LogP contribution is -2.06. The van der Waals surface area contributed by atoms with Gasteiger partial charge in [0.05, 0.1) is 12.3 Å². The number of hydrogen-bond acceptors (Lipinski definition) is 6. The standard InChI is InChI=1S/C23H18FN3O2S/c24-17-6-8-19(9-7-17)30-22-21(16-10-13-25-14-11-16)26-20(27-23(22)28)12-15-29-18-4-2-1-3-5-18/h1-11,13-14H,12,15H2,(H,26,27,28). The molecule has 5 nitrogen and oxygen atoms in total. The summed E-state index contributed by atoms with van der Waals surface area (Å²) in [6.45, 7) is 0.379. The molecule has 0 atom stereocenters. The van der Waals surface area contributed by atoms with Crippen LogP contribution in [0.5, 0.6) is 11.6 Å². The third kappa shape index (κ3) is 4.93. The highest BCUT2D eigenvalue weighted by atomic mass is 32.2. The van der Waals surface area contributed by atoms with Gasteiger partial charge in [-0.15, -0.1) is 0 Å². The largest absolute Gasteiger partial charge is 0.493 e. The van der Waals surface area contributed by atoms with Crippen LogP contribution in [0.1, 0.15) is 5.82 Å².